The Balaban J connectivity index is 2.70. The van der Waals surface area contributed by atoms with E-state index in [1.54, 1.807) is 6.07 Å². The number of benzene rings is 1. The van der Waals surface area contributed by atoms with Crippen LogP contribution in [0.3, 0.4) is 0 Å². The molecule has 0 saturated carbocycles. The van der Waals surface area contributed by atoms with Crippen LogP contribution in [0.1, 0.15) is 25.8 Å². The van der Waals surface area contributed by atoms with Crippen LogP contribution in [-0.4, -0.2) is 17.4 Å². The van der Waals surface area contributed by atoms with E-state index in [-0.39, 0.29) is 35.7 Å². The van der Waals surface area contributed by atoms with Crippen LogP contribution in [0.2, 0.25) is 5.02 Å². The second-order valence-corrected chi connectivity index (χ2v) is 5.49. The Morgan fingerprint density at radius 1 is 1.52 bits per heavy atom. The lowest BCUT2D eigenvalue weighted by Gasteiger charge is -2.16. The normalized spacial score (nSPS) is 11.8. The number of nitriles is 1. The SMILES string of the molecule is CC(C)C(CC(=O)Nc1ccc(C#N)c(Cl)c1)C[N+](=O)[O-]. The zero-order valence-corrected chi connectivity index (χ0v) is 12.6. The number of halogens is 1. The molecule has 0 radical (unpaired) electrons. The van der Waals surface area contributed by atoms with Crippen LogP contribution in [0.5, 0.6) is 0 Å². The minimum absolute atomic E-state index is 0.0331. The van der Waals surface area contributed by atoms with E-state index >= 15 is 0 Å². The van der Waals surface area contributed by atoms with E-state index in [4.69, 9.17) is 16.9 Å². The highest BCUT2D eigenvalue weighted by atomic mass is 35.5. The lowest BCUT2D eigenvalue weighted by Crippen LogP contribution is -2.25. The van der Waals surface area contributed by atoms with E-state index in [0.717, 1.165) is 0 Å². The summed E-state index contributed by atoms with van der Waals surface area (Å²) in [5, 5.41) is 22.3. The third-order valence-corrected chi connectivity index (χ3v) is 3.46. The maximum absolute atomic E-state index is 11.9. The van der Waals surface area contributed by atoms with Gasteiger partial charge in [-0.25, -0.2) is 0 Å². The first-order valence-electron chi connectivity index (χ1n) is 6.44. The Labute approximate surface area is 127 Å². The van der Waals surface area contributed by atoms with Crippen molar-refractivity contribution < 1.29 is 9.72 Å². The fourth-order valence-corrected chi connectivity index (χ4v) is 2.06. The molecule has 0 aliphatic carbocycles. The molecule has 0 saturated heterocycles. The van der Waals surface area contributed by atoms with E-state index in [1.807, 2.05) is 19.9 Å². The Kier molecular flexibility index (Phi) is 6.12. The van der Waals surface area contributed by atoms with Gasteiger partial charge < -0.3 is 5.32 Å². The second kappa shape index (κ2) is 7.60. The van der Waals surface area contributed by atoms with Crippen molar-refractivity contribution in [1.82, 2.24) is 0 Å². The van der Waals surface area contributed by atoms with Crippen molar-refractivity contribution in [3.63, 3.8) is 0 Å². The third-order valence-electron chi connectivity index (χ3n) is 3.15. The van der Waals surface area contributed by atoms with E-state index in [1.165, 1.54) is 12.1 Å². The standard InChI is InChI=1S/C14H16ClN3O3/c1-9(2)11(8-18(20)21)5-14(19)17-12-4-3-10(7-16)13(15)6-12/h3-4,6,9,11H,5,8H2,1-2H3,(H,17,19). The maximum Gasteiger partial charge on any atom is 0.224 e. The van der Waals surface area contributed by atoms with Crippen LogP contribution in [0, 0.1) is 33.3 Å². The van der Waals surface area contributed by atoms with E-state index < -0.39 is 4.92 Å². The fraction of sp³-hybridized carbons (Fsp3) is 0.429. The van der Waals surface area contributed by atoms with Gasteiger partial charge in [-0.05, 0) is 24.1 Å². The molecule has 0 aliphatic heterocycles. The number of carbonyl (C=O) groups excluding carboxylic acids is 1. The van der Waals surface area contributed by atoms with Gasteiger partial charge in [0, 0.05) is 22.9 Å². The molecule has 112 valence electrons. The van der Waals surface area contributed by atoms with E-state index in [9.17, 15) is 14.9 Å². The molecule has 7 heteroatoms. The first kappa shape index (κ1) is 16.9. The average Bonchev–Trinajstić information content (AvgIpc) is 2.37. The molecule has 1 aromatic carbocycles. The molecule has 0 bridgehead atoms. The number of nitrogens with one attached hydrogen (secondary N) is 1. The number of hydrogen-bond donors (Lipinski definition) is 1. The van der Waals surface area contributed by atoms with Gasteiger partial charge in [0.15, 0.2) is 0 Å². The van der Waals surface area contributed by atoms with Crippen molar-refractivity contribution >= 4 is 23.2 Å². The number of nitro groups is 1. The number of anilines is 1. The van der Waals surface area contributed by atoms with Crippen LogP contribution in [0.4, 0.5) is 5.69 Å². The van der Waals surface area contributed by atoms with Crippen molar-refractivity contribution in [3.05, 3.63) is 38.9 Å². The Bertz CT molecular complexity index is 581. The number of nitrogens with zero attached hydrogens (tertiary/aromatic N) is 2. The van der Waals surface area contributed by atoms with Crippen molar-refractivity contribution in [2.45, 2.75) is 20.3 Å². The number of carbonyl (C=O) groups is 1. The third kappa shape index (κ3) is 5.40. The van der Waals surface area contributed by atoms with Gasteiger partial charge in [0.2, 0.25) is 12.5 Å². The first-order chi connectivity index (χ1) is 9.83. The molecule has 0 aromatic heterocycles. The minimum Gasteiger partial charge on any atom is -0.326 e. The summed E-state index contributed by atoms with van der Waals surface area (Å²) in [6.07, 6.45) is 0.0657. The molecule has 1 N–H and O–H groups in total. The van der Waals surface area contributed by atoms with Crippen molar-refractivity contribution in [3.8, 4) is 6.07 Å². The summed E-state index contributed by atoms with van der Waals surface area (Å²) >= 11 is 5.87. The zero-order valence-electron chi connectivity index (χ0n) is 11.8. The Morgan fingerprint density at radius 2 is 2.19 bits per heavy atom. The van der Waals surface area contributed by atoms with Crippen LogP contribution >= 0.6 is 11.6 Å². The lowest BCUT2D eigenvalue weighted by atomic mass is 9.92. The molecule has 0 aliphatic rings. The van der Waals surface area contributed by atoms with E-state index in [0.29, 0.717) is 11.3 Å². The van der Waals surface area contributed by atoms with Crippen LogP contribution < -0.4 is 5.32 Å². The monoisotopic (exact) mass is 309 g/mol. The molecular formula is C14H16ClN3O3. The van der Waals surface area contributed by atoms with Crippen LogP contribution in [-0.2, 0) is 4.79 Å². The number of amides is 1. The Hall–Kier alpha value is -2.13. The maximum atomic E-state index is 11.9. The molecule has 1 atom stereocenters. The molecule has 6 nitrogen and oxygen atoms in total. The molecule has 1 unspecified atom stereocenters. The molecule has 1 aromatic rings. The topological polar surface area (TPSA) is 96.0 Å². The summed E-state index contributed by atoms with van der Waals surface area (Å²) in [7, 11) is 0. The molecule has 0 heterocycles. The zero-order chi connectivity index (χ0) is 16.0. The van der Waals surface area contributed by atoms with Gasteiger partial charge in [-0.1, -0.05) is 25.4 Å². The molecule has 1 rings (SSSR count). The molecule has 0 spiro atoms. The summed E-state index contributed by atoms with van der Waals surface area (Å²) in [4.78, 5) is 22.1. The van der Waals surface area contributed by atoms with Gasteiger partial charge in [-0.3, -0.25) is 14.9 Å². The predicted octanol–water partition coefficient (Wildman–Crippen LogP) is 3.09. The minimum atomic E-state index is -0.406. The van der Waals surface area contributed by atoms with E-state index in [2.05, 4.69) is 5.32 Å². The van der Waals surface area contributed by atoms with Crippen LogP contribution in [0.25, 0.3) is 0 Å². The van der Waals surface area contributed by atoms with Gasteiger partial charge in [-0.2, -0.15) is 5.26 Å². The molecule has 0 fully saturated rings. The van der Waals surface area contributed by atoms with Gasteiger partial charge in [-0.15, -0.1) is 0 Å². The predicted molar refractivity (Wildman–Crippen MR) is 79.6 cm³/mol. The van der Waals surface area contributed by atoms with Gasteiger partial charge in [0.05, 0.1) is 10.6 Å². The summed E-state index contributed by atoms with van der Waals surface area (Å²) in [5.41, 5.74) is 0.788. The second-order valence-electron chi connectivity index (χ2n) is 5.08. The number of rotatable bonds is 6. The van der Waals surface area contributed by atoms with Gasteiger partial charge >= 0.3 is 0 Å². The largest absolute Gasteiger partial charge is 0.326 e. The quantitative estimate of drug-likeness (QED) is 0.645. The average molecular weight is 310 g/mol. The summed E-state index contributed by atoms with van der Waals surface area (Å²) < 4.78 is 0. The first-order valence-corrected chi connectivity index (χ1v) is 6.82. The smallest absolute Gasteiger partial charge is 0.224 e. The van der Waals surface area contributed by atoms with Crippen molar-refractivity contribution in [1.29, 1.82) is 5.26 Å². The lowest BCUT2D eigenvalue weighted by molar-refractivity contribution is -0.489. The van der Waals surface area contributed by atoms with Crippen molar-refractivity contribution in [2.24, 2.45) is 11.8 Å². The van der Waals surface area contributed by atoms with Gasteiger partial charge in [0.1, 0.15) is 6.07 Å². The van der Waals surface area contributed by atoms with Gasteiger partial charge in [0.25, 0.3) is 0 Å². The highest BCUT2D eigenvalue weighted by molar-refractivity contribution is 6.32. The molecule has 1 amide bonds. The molecular weight excluding hydrogens is 294 g/mol. The number of hydrogen-bond acceptors (Lipinski definition) is 4. The van der Waals surface area contributed by atoms with Crippen molar-refractivity contribution in [2.75, 3.05) is 11.9 Å². The summed E-state index contributed by atoms with van der Waals surface area (Å²) in [6, 6.07) is 6.49. The highest BCUT2D eigenvalue weighted by Gasteiger charge is 2.22. The van der Waals surface area contributed by atoms with Crippen LogP contribution in [0.15, 0.2) is 18.2 Å². The summed E-state index contributed by atoms with van der Waals surface area (Å²) in [6.45, 7) is 3.46. The Morgan fingerprint density at radius 3 is 2.67 bits per heavy atom. The summed E-state index contributed by atoms with van der Waals surface area (Å²) in [5.74, 6) is -0.601. The highest BCUT2D eigenvalue weighted by Crippen LogP contribution is 2.21. The molecule has 21 heavy (non-hydrogen) atoms. The fourth-order valence-electron chi connectivity index (χ4n) is 1.84.